The highest BCUT2D eigenvalue weighted by atomic mass is 19.3. The zero-order valence-corrected chi connectivity index (χ0v) is 16.6. The summed E-state index contributed by atoms with van der Waals surface area (Å²) in [6, 6.07) is 5.23. The van der Waals surface area contributed by atoms with Crippen LogP contribution in [0.5, 0.6) is 5.88 Å². The van der Waals surface area contributed by atoms with Crippen LogP contribution in [0.2, 0.25) is 0 Å². The molecule has 30 heavy (non-hydrogen) atoms. The summed E-state index contributed by atoms with van der Waals surface area (Å²) in [7, 11) is 3.98. The number of hydrogen-bond donors (Lipinski definition) is 2. The fourth-order valence-electron chi connectivity index (χ4n) is 3.64. The second-order valence-electron chi connectivity index (χ2n) is 7.36. The van der Waals surface area contributed by atoms with Crippen molar-refractivity contribution < 1.29 is 18.3 Å². The Labute approximate surface area is 172 Å². The van der Waals surface area contributed by atoms with Crippen molar-refractivity contribution in [3.63, 3.8) is 0 Å². The molecule has 0 spiro atoms. The summed E-state index contributed by atoms with van der Waals surface area (Å²) in [4.78, 5) is 17.8. The minimum atomic E-state index is -2.97. The number of ether oxygens (including phenoxy) is 1. The summed E-state index contributed by atoms with van der Waals surface area (Å²) in [5.41, 5.74) is 6.07. The Morgan fingerprint density at radius 3 is 2.77 bits per heavy atom. The molecule has 2 aromatic rings. The third-order valence-electron chi connectivity index (χ3n) is 5.23. The Kier molecular flexibility index (Phi) is 6.47. The van der Waals surface area contributed by atoms with E-state index in [1.54, 1.807) is 4.68 Å². The topological polar surface area (TPSA) is 122 Å². The molecule has 0 aliphatic heterocycles. The predicted molar refractivity (Wildman–Crippen MR) is 104 cm³/mol. The van der Waals surface area contributed by atoms with Gasteiger partial charge in [-0.3, -0.25) is 9.48 Å². The molecular formula is C19H23F2N7O2. The highest BCUT2D eigenvalue weighted by Gasteiger charge is 2.34. The van der Waals surface area contributed by atoms with Crippen molar-refractivity contribution in [2.45, 2.75) is 38.0 Å². The van der Waals surface area contributed by atoms with Gasteiger partial charge >= 0.3 is 6.61 Å². The van der Waals surface area contributed by atoms with E-state index in [4.69, 9.17) is 5.73 Å². The monoisotopic (exact) mass is 419 g/mol. The first-order valence-electron chi connectivity index (χ1n) is 9.41. The summed E-state index contributed by atoms with van der Waals surface area (Å²) in [5.74, 6) is -0.958. The van der Waals surface area contributed by atoms with Crippen molar-refractivity contribution in [1.29, 1.82) is 5.26 Å². The van der Waals surface area contributed by atoms with Gasteiger partial charge in [-0.15, -0.1) is 0 Å². The Hall–Kier alpha value is -3.26. The zero-order valence-electron chi connectivity index (χ0n) is 16.6. The first-order chi connectivity index (χ1) is 14.3. The normalized spacial score (nSPS) is 21.4. The van der Waals surface area contributed by atoms with Crippen LogP contribution in [-0.2, 0) is 0 Å². The van der Waals surface area contributed by atoms with Gasteiger partial charge in [-0.1, -0.05) is 0 Å². The Morgan fingerprint density at radius 2 is 2.20 bits per heavy atom. The van der Waals surface area contributed by atoms with E-state index in [1.165, 1.54) is 24.5 Å². The molecule has 1 aliphatic rings. The number of amides is 1. The molecule has 3 N–H and O–H groups in total. The van der Waals surface area contributed by atoms with Crippen molar-refractivity contribution >= 4 is 17.4 Å². The lowest BCUT2D eigenvalue weighted by Gasteiger charge is -2.35. The number of nitrogens with one attached hydrogen (secondary N) is 1. The van der Waals surface area contributed by atoms with Crippen LogP contribution in [0.25, 0.3) is 0 Å². The van der Waals surface area contributed by atoms with Gasteiger partial charge in [0.05, 0.1) is 29.9 Å². The van der Waals surface area contributed by atoms with Crippen LogP contribution in [-0.4, -0.2) is 52.3 Å². The van der Waals surface area contributed by atoms with E-state index in [-0.39, 0.29) is 29.2 Å². The molecule has 1 amide bonds. The van der Waals surface area contributed by atoms with Gasteiger partial charge in [0.2, 0.25) is 5.88 Å². The maximum Gasteiger partial charge on any atom is 0.388 e. The summed E-state index contributed by atoms with van der Waals surface area (Å²) in [6.45, 7) is -2.97. The zero-order chi connectivity index (χ0) is 21.8. The second kappa shape index (κ2) is 9.04. The number of carbonyl (C=O) groups excluding carboxylic acids is 1. The van der Waals surface area contributed by atoms with Gasteiger partial charge in [0.15, 0.2) is 5.82 Å². The lowest BCUT2D eigenvalue weighted by Crippen LogP contribution is -2.37. The highest BCUT2D eigenvalue weighted by molar-refractivity contribution is 5.98. The van der Waals surface area contributed by atoms with Crippen LogP contribution in [0.3, 0.4) is 0 Å². The summed E-state index contributed by atoms with van der Waals surface area (Å²) in [5, 5.41) is 17.0. The van der Waals surface area contributed by atoms with Gasteiger partial charge in [-0.25, -0.2) is 4.98 Å². The van der Waals surface area contributed by atoms with Gasteiger partial charge in [0.25, 0.3) is 5.91 Å². The van der Waals surface area contributed by atoms with Gasteiger partial charge in [0.1, 0.15) is 5.56 Å². The quantitative estimate of drug-likeness (QED) is 0.707. The van der Waals surface area contributed by atoms with Crippen LogP contribution < -0.4 is 15.8 Å². The number of carbonyl (C=O) groups is 1. The average Bonchev–Trinajstić information content (AvgIpc) is 3.12. The molecule has 1 fully saturated rings. The van der Waals surface area contributed by atoms with E-state index in [0.717, 1.165) is 12.8 Å². The number of primary amides is 1. The Balaban J connectivity index is 1.82. The number of alkyl halides is 2. The summed E-state index contributed by atoms with van der Waals surface area (Å²) in [6.07, 6.45) is 5.17. The molecule has 1 saturated carbocycles. The first-order valence-corrected chi connectivity index (χ1v) is 9.41. The lowest BCUT2D eigenvalue weighted by molar-refractivity contribution is -0.0528. The predicted octanol–water partition coefficient (Wildman–Crippen LogP) is 2.52. The van der Waals surface area contributed by atoms with Crippen LogP contribution in [0.1, 0.15) is 35.7 Å². The molecule has 3 atom stereocenters. The van der Waals surface area contributed by atoms with E-state index >= 15 is 0 Å². The summed E-state index contributed by atoms with van der Waals surface area (Å²) < 4.78 is 30.3. The molecule has 11 heteroatoms. The number of nitriles is 1. The third-order valence-corrected chi connectivity index (χ3v) is 5.23. The molecular weight excluding hydrogens is 396 g/mol. The van der Waals surface area contributed by atoms with E-state index in [9.17, 15) is 18.8 Å². The number of aromatic nitrogens is 3. The third kappa shape index (κ3) is 4.83. The van der Waals surface area contributed by atoms with E-state index in [2.05, 4.69) is 31.1 Å². The van der Waals surface area contributed by atoms with Gasteiger partial charge < -0.3 is 20.7 Å². The molecule has 0 bridgehead atoms. The van der Waals surface area contributed by atoms with Crippen LogP contribution in [0, 0.1) is 17.2 Å². The van der Waals surface area contributed by atoms with E-state index < -0.39 is 12.5 Å². The van der Waals surface area contributed by atoms with E-state index in [1.807, 2.05) is 14.1 Å². The van der Waals surface area contributed by atoms with Gasteiger partial charge in [-0.2, -0.15) is 19.1 Å². The van der Waals surface area contributed by atoms with Crippen molar-refractivity contribution in [2.75, 3.05) is 19.4 Å². The Bertz CT molecular complexity index is 924. The number of hydrogen-bond acceptors (Lipinski definition) is 7. The van der Waals surface area contributed by atoms with Crippen molar-refractivity contribution in [3.05, 3.63) is 30.1 Å². The number of nitrogens with two attached hydrogens (primary N) is 1. The largest absolute Gasteiger partial charge is 0.417 e. The molecule has 0 unspecified atom stereocenters. The molecule has 1 aliphatic carbocycles. The van der Waals surface area contributed by atoms with Gasteiger partial charge in [0, 0.05) is 18.3 Å². The van der Waals surface area contributed by atoms with Crippen LogP contribution in [0.15, 0.2) is 24.5 Å². The highest BCUT2D eigenvalue weighted by Crippen LogP contribution is 2.36. The van der Waals surface area contributed by atoms with Gasteiger partial charge in [-0.05, 0) is 39.4 Å². The second-order valence-corrected chi connectivity index (χ2v) is 7.36. The summed E-state index contributed by atoms with van der Waals surface area (Å²) >= 11 is 0. The fraction of sp³-hybridized carbons (Fsp3) is 0.474. The minimum absolute atomic E-state index is 0.161. The lowest BCUT2D eigenvalue weighted by atomic mass is 9.82. The van der Waals surface area contributed by atoms with Crippen molar-refractivity contribution in [3.8, 4) is 11.9 Å². The molecule has 160 valence electrons. The number of nitrogens with zero attached hydrogens (tertiary/aromatic N) is 5. The maximum atomic E-state index is 12.3. The molecule has 0 radical (unpaired) electrons. The smallest absolute Gasteiger partial charge is 0.388 e. The first kappa shape index (κ1) is 21.4. The van der Waals surface area contributed by atoms with Crippen LogP contribution >= 0.6 is 0 Å². The average molecular weight is 419 g/mol. The standard InChI is InChI=1S/C19H23F2N7O2/c1-27(2)13-4-5-15(11(7-13)8-22)28-10-14(17(23)29)18(26-28)25-12-3-6-16(24-9-12)30-19(20)21/h3,6,9-11,13,15,19H,4-5,7H2,1-2H3,(H2,23,29)(H,25,26)/t11-,13-,15+/m1/s1. The van der Waals surface area contributed by atoms with Crippen molar-refractivity contribution in [2.24, 2.45) is 11.7 Å². The number of anilines is 2. The molecule has 9 nitrogen and oxygen atoms in total. The van der Waals surface area contributed by atoms with Crippen molar-refractivity contribution in [1.82, 2.24) is 19.7 Å². The molecule has 0 aromatic carbocycles. The Morgan fingerprint density at radius 1 is 1.43 bits per heavy atom. The molecule has 0 saturated heterocycles. The van der Waals surface area contributed by atoms with E-state index in [0.29, 0.717) is 18.2 Å². The minimum Gasteiger partial charge on any atom is -0.417 e. The molecule has 3 rings (SSSR count). The maximum absolute atomic E-state index is 12.3. The van der Waals surface area contributed by atoms with Crippen LogP contribution in [0.4, 0.5) is 20.3 Å². The SMILES string of the molecule is CN(C)[C@@H]1CC[C@H](n2cc(C(N)=O)c(Nc3ccc(OC(F)F)nc3)n2)[C@@H](C#N)C1. The number of pyridine rings is 1. The molecule has 2 heterocycles. The number of rotatable bonds is 7. The number of halogens is 2. The fourth-order valence-corrected chi connectivity index (χ4v) is 3.64. The molecule has 2 aromatic heterocycles.